The lowest BCUT2D eigenvalue weighted by atomic mass is 9.98. The standard InChI is InChI=1S/C14H26N4O2/c1-11(14-17-16-10-18(14)2)15-8-12(19)9-20-13-6-4-3-5-7-13/h10-13,15,19H,3-9H2,1-2H3. The number of nitrogens with one attached hydrogen (secondary N) is 1. The van der Waals surface area contributed by atoms with Crippen molar-refractivity contribution in [1.82, 2.24) is 20.1 Å². The summed E-state index contributed by atoms with van der Waals surface area (Å²) >= 11 is 0. The van der Waals surface area contributed by atoms with Crippen molar-refractivity contribution < 1.29 is 9.84 Å². The molecule has 0 aliphatic heterocycles. The van der Waals surface area contributed by atoms with Gasteiger partial charge in [0.2, 0.25) is 0 Å². The lowest BCUT2D eigenvalue weighted by Crippen LogP contribution is -2.34. The van der Waals surface area contributed by atoms with Crippen molar-refractivity contribution in [3.8, 4) is 0 Å². The molecule has 6 nitrogen and oxygen atoms in total. The molecule has 1 aliphatic rings. The first kappa shape index (κ1) is 15.4. The number of hydrogen-bond donors (Lipinski definition) is 2. The summed E-state index contributed by atoms with van der Waals surface area (Å²) < 4.78 is 7.65. The Morgan fingerprint density at radius 1 is 1.45 bits per heavy atom. The first-order valence-corrected chi connectivity index (χ1v) is 7.53. The number of nitrogens with zero attached hydrogens (tertiary/aromatic N) is 3. The highest BCUT2D eigenvalue weighted by atomic mass is 16.5. The molecule has 2 atom stereocenters. The molecular weight excluding hydrogens is 256 g/mol. The molecule has 1 heterocycles. The first-order valence-electron chi connectivity index (χ1n) is 7.53. The van der Waals surface area contributed by atoms with Gasteiger partial charge in [0.15, 0.2) is 0 Å². The molecule has 1 saturated carbocycles. The minimum Gasteiger partial charge on any atom is -0.389 e. The van der Waals surface area contributed by atoms with E-state index in [1.54, 1.807) is 6.33 Å². The van der Waals surface area contributed by atoms with Crippen molar-refractivity contribution in [2.45, 2.75) is 57.3 Å². The van der Waals surface area contributed by atoms with Crippen molar-refractivity contribution >= 4 is 0 Å². The maximum Gasteiger partial charge on any atom is 0.149 e. The van der Waals surface area contributed by atoms with Crippen LogP contribution in [0.3, 0.4) is 0 Å². The second-order valence-corrected chi connectivity index (χ2v) is 5.68. The van der Waals surface area contributed by atoms with E-state index >= 15 is 0 Å². The summed E-state index contributed by atoms with van der Waals surface area (Å²) in [5.41, 5.74) is 0. The van der Waals surface area contributed by atoms with Crippen LogP contribution in [0.2, 0.25) is 0 Å². The van der Waals surface area contributed by atoms with Gasteiger partial charge in [-0.2, -0.15) is 0 Å². The van der Waals surface area contributed by atoms with Crippen LogP contribution in [-0.2, 0) is 11.8 Å². The average molecular weight is 282 g/mol. The molecule has 0 amide bonds. The Labute approximate surface area is 120 Å². The summed E-state index contributed by atoms with van der Waals surface area (Å²) in [6, 6.07) is 0.0619. The topological polar surface area (TPSA) is 72.2 Å². The predicted molar refractivity (Wildman–Crippen MR) is 76.3 cm³/mol. The zero-order valence-corrected chi connectivity index (χ0v) is 12.5. The van der Waals surface area contributed by atoms with Gasteiger partial charge in [-0.1, -0.05) is 19.3 Å². The van der Waals surface area contributed by atoms with Gasteiger partial charge in [-0.15, -0.1) is 10.2 Å². The molecule has 1 fully saturated rings. The van der Waals surface area contributed by atoms with Crippen LogP contribution in [0.5, 0.6) is 0 Å². The molecule has 1 aromatic rings. The molecule has 2 N–H and O–H groups in total. The van der Waals surface area contributed by atoms with E-state index in [4.69, 9.17) is 4.74 Å². The van der Waals surface area contributed by atoms with E-state index in [1.165, 1.54) is 19.3 Å². The first-order chi connectivity index (χ1) is 9.66. The largest absolute Gasteiger partial charge is 0.389 e. The van der Waals surface area contributed by atoms with Gasteiger partial charge in [-0.3, -0.25) is 0 Å². The Bertz CT molecular complexity index is 390. The lowest BCUT2D eigenvalue weighted by molar-refractivity contribution is -0.0235. The number of aliphatic hydroxyl groups is 1. The van der Waals surface area contributed by atoms with Crippen molar-refractivity contribution in [2.75, 3.05) is 13.2 Å². The third-order valence-corrected chi connectivity index (χ3v) is 3.87. The summed E-state index contributed by atoms with van der Waals surface area (Å²) in [6.45, 7) is 2.92. The molecular formula is C14H26N4O2. The van der Waals surface area contributed by atoms with Crippen LogP contribution in [0.4, 0.5) is 0 Å². The van der Waals surface area contributed by atoms with E-state index < -0.39 is 6.10 Å². The molecule has 2 rings (SSSR count). The molecule has 114 valence electrons. The lowest BCUT2D eigenvalue weighted by Gasteiger charge is -2.24. The van der Waals surface area contributed by atoms with Gasteiger partial charge in [0, 0.05) is 13.6 Å². The van der Waals surface area contributed by atoms with E-state index in [9.17, 15) is 5.11 Å². The number of hydrogen-bond acceptors (Lipinski definition) is 5. The molecule has 0 aromatic carbocycles. The number of ether oxygens (including phenoxy) is 1. The van der Waals surface area contributed by atoms with Crippen LogP contribution in [-0.4, -0.2) is 45.2 Å². The van der Waals surface area contributed by atoms with Crippen molar-refractivity contribution in [3.63, 3.8) is 0 Å². The van der Waals surface area contributed by atoms with Crippen LogP contribution < -0.4 is 5.32 Å². The zero-order valence-electron chi connectivity index (χ0n) is 12.5. The summed E-state index contributed by atoms with van der Waals surface area (Å²) in [5.74, 6) is 0.866. The fourth-order valence-electron chi connectivity index (χ4n) is 2.63. The smallest absolute Gasteiger partial charge is 0.149 e. The number of aromatic nitrogens is 3. The van der Waals surface area contributed by atoms with Gasteiger partial charge in [0.1, 0.15) is 12.2 Å². The Kier molecular flexibility index (Phi) is 5.94. The highest BCUT2D eigenvalue weighted by Crippen LogP contribution is 2.20. The fraction of sp³-hybridized carbons (Fsp3) is 0.857. The molecule has 0 spiro atoms. The highest BCUT2D eigenvalue weighted by molar-refractivity contribution is 4.92. The van der Waals surface area contributed by atoms with E-state index in [2.05, 4.69) is 15.5 Å². The van der Waals surface area contributed by atoms with Crippen molar-refractivity contribution in [2.24, 2.45) is 7.05 Å². The summed E-state index contributed by atoms with van der Waals surface area (Å²) in [6.07, 6.45) is 7.63. The van der Waals surface area contributed by atoms with Crippen LogP contribution >= 0.6 is 0 Å². The molecule has 20 heavy (non-hydrogen) atoms. The van der Waals surface area contributed by atoms with E-state index in [-0.39, 0.29) is 6.04 Å². The number of aryl methyl sites for hydroxylation is 1. The SMILES string of the molecule is CC(NCC(O)COC1CCCCC1)c1nncn1C. The third kappa shape index (κ3) is 4.54. The third-order valence-electron chi connectivity index (χ3n) is 3.87. The van der Waals surface area contributed by atoms with E-state index in [1.807, 2.05) is 18.5 Å². The molecule has 2 unspecified atom stereocenters. The molecule has 0 saturated heterocycles. The Morgan fingerprint density at radius 3 is 2.85 bits per heavy atom. The average Bonchev–Trinajstić information content (AvgIpc) is 2.90. The normalized spacial score (nSPS) is 19.9. The molecule has 6 heteroatoms. The van der Waals surface area contributed by atoms with Crippen molar-refractivity contribution in [3.05, 3.63) is 12.2 Å². The zero-order chi connectivity index (χ0) is 14.4. The van der Waals surface area contributed by atoms with Crippen LogP contribution in [0.25, 0.3) is 0 Å². The van der Waals surface area contributed by atoms with Gasteiger partial charge in [-0.05, 0) is 19.8 Å². The molecule has 0 bridgehead atoms. The van der Waals surface area contributed by atoms with Crippen LogP contribution in [0, 0.1) is 0 Å². The minimum absolute atomic E-state index is 0.0619. The van der Waals surface area contributed by atoms with Crippen LogP contribution in [0.1, 0.15) is 50.9 Å². The quantitative estimate of drug-likeness (QED) is 0.785. The molecule has 0 radical (unpaired) electrons. The Hall–Kier alpha value is -0.980. The van der Waals surface area contributed by atoms with Gasteiger partial charge < -0.3 is 19.7 Å². The second-order valence-electron chi connectivity index (χ2n) is 5.68. The second kappa shape index (κ2) is 7.71. The van der Waals surface area contributed by atoms with Gasteiger partial charge in [0.05, 0.1) is 24.9 Å². The summed E-state index contributed by atoms with van der Waals surface area (Å²) in [4.78, 5) is 0. The summed E-state index contributed by atoms with van der Waals surface area (Å²) in [5, 5.41) is 21.1. The number of rotatable bonds is 7. The highest BCUT2D eigenvalue weighted by Gasteiger charge is 2.17. The maximum atomic E-state index is 9.97. The van der Waals surface area contributed by atoms with Gasteiger partial charge in [-0.25, -0.2) is 0 Å². The van der Waals surface area contributed by atoms with Crippen molar-refractivity contribution in [1.29, 1.82) is 0 Å². The Balaban J connectivity index is 1.64. The summed E-state index contributed by atoms with van der Waals surface area (Å²) in [7, 11) is 1.91. The van der Waals surface area contributed by atoms with Gasteiger partial charge in [0.25, 0.3) is 0 Å². The number of aliphatic hydroxyl groups excluding tert-OH is 1. The molecule has 1 aliphatic carbocycles. The molecule has 1 aromatic heterocycles. The maximum absolute atomic E-state index is 9.97. The van der Waals surface area contributed by atoms with Crippen LogP contribution in [0.15, 0.2) is 6.33 Å². The van der Waals surface area contributed by atoms with E-state index in [0.29, 0.717) is 19.3 Å². The fourth-order valence-corrected chi connectivity index (χ4v) is 2.63. The monoisotopic (exact) mass is 282 g/mol. The predicted octanol–water partition coefficient (Wildman–Crippen LogP) is 1.18. The minimum atomic E-state index is -0.479. The Morgan fingerprint density at radius 2 is 2.20 bits per heavy atom. The van der Waals surface area contributed by atoms with Gasteiger partial charge >= 0.3 is 0 Å². The van der Waals surface area contributed by atoms with E-state index in [0.717, 1.165) is 18.7 Å².